The number of ether oxygens (including phenoxy) is 2. The number of hydrogen-bond acceptors (Lipinski definition) is 2. The Balaban J connectivity index is 1.80. The molecule has 1 saturated heterocycles. The second kappa shape index (κ2) is 3.60. The second-order valence-corrected chi connectivity index (χ2v) is 5.29. The Labute approximate surface area is 91.6 Å². The van der Waals surface area contributed by atoms with Gasteiger partial charge in [-0.05, 0) is 37.5 Å². The van der Waals surface area contributed by atoms with E-state index in [9.17, 15) is 0 Å². The predicted octanol–water partition coefficient (Wildman–Crippen LogP) is 3.03. The summed E-state index contributed by atoms with van der Waals surface area (Å²) in [6, 6.07) is 0. The van der Waals surface area contributed by atoms with Crippen LogP contribution in [0.1, 0.15) is 44.9 Å². The van der Waals surface area contributed by atoms with Crippen molar-refractivity contribution < 1.29 is 9.47 Å². The maximum absolute atomic E-state index is 5.85. The largest absolute Gasteiger partial charge is 0.348 e. The van der Waals surface area contributed by atoms with Gasteiger partial charge < -0.3 is 9.47 Å². The van der Waals surface area contributed by atoms with Crippen LogP contribution in [0, 0.1) is 5.41 Å². The summed E-state index contributed by atoms with van der Waals surface area (Å²) in [6.45, 7) is 1.58. The van der Waals surface area contributed by atoms with Gasteiger partial charge in [0.15, 0.2) is 5.79 Å². The molecule has 0 aromatic carbocycles. The zero-order chi connectivity index (χ0) is 10.2. The van der Waals surface area contributed by atoms with Crippen molar-refractivity contribution in [1.82, 2.24) is 0 Å². The highest BCUT2D eigenvalue weighted by Gasteiger charge is 2.47. The van der Waals surface area contributed by atoms with E-state index in [-0.39, 0.29) is 5.79 Å². The Morgan fingerprint density at radius 2 is 1.73 bits per heavy atom. The van der Waals surface area contributed by atoms with Crippen LogP contribution in [-0.4, -0.2) is 19.0 Å². The van der Waals surface area contributed by atoms with Crippen molar-refractivity contribution in [3.05, 3.63) is 12.2 Å². The quantitative estimate of drug-likeness (QED) is 0.570. The van der Waals surface area contributed by atoms with Gasteiger partial charge in [-0.15, -0.1) is 0 Å². The number of hydrogen-bond donors (Lipinski definition) is 0. The summed E-state index contributed by atoms with van der Waals surface area (Å²) < 4.78 is 11.7. The lowest BCUT2D eigenvalue weighted by molar-refractivity contribution is -0.197. The van der Waals surface area contributed by atoms with Crippen LogP contribution in [0.5, 0.6) is 0 Å². The Kier molecular flexibility index (Phi) is 2.37. The first-order valence-corrected chi connectivity index (χ1v) is 6.28. The van der Waals surface area contributed by atoms with Crippen LogP contribution in [0.3, 0.4) is 0 Å². The van der Waals surface area contributed by atoms with Gasteiger partial charge in [0.05, 0.1) is 13.2 Å². The van der Waals surface area contributed by atoms with E-state index in [1.54, 1.807) is 0 Å². The summed E-state index contributed by atoms with van der Waals surface area (Å²) in [5, 5.41) is 0. The van der Waals surface area contributed by atoms with Crippen LogP contribution in [0.25, 0.3) is 0 Å². The Bertz CT molecular complexity index is 266. The number of rotatable bonds is 0. The maximum atomic E-state index is 5.85. The topological polar surface area (TPSA) is 18.5 Å². The lowest BCUT2D eigenvalue weighted by atomic mass is 9.67. The van der Waals surface area contributed by atoms with Gasteiger partial charge in [-0.3, -0.25) is 0 Å². The molecule has 1 heterocycles. The molecule has 3 rings (SSSR count). The van der Waals surface area contributed by atoms with Gasteiger partial charge >= 0.3 is 0 Å². The van der Waals surface area contributed by atoms with Gasteiger partial charge in [-0.1, -0.05) is 12.2 Å². The Hall–Kier alpha value is -0.340. The van der Waals surface area contributed by atoms with E-state index in [1.165, 1.54) is 32.1 Å². The molecular weight excluding hydrogens is 188 g/mol. The molecule has 2 aliphatic carbocycles. The molecule has 2 fully saturated rings. The lowest BCUT2D eigenvalue weighted by Crippen LogP contribution is -2.42. The monoisotopic (exact) mass is 208 g/mol. The van der Waals surface area contributed by atoms with E-state index in [4.69, 9.17) is 9.47 Å². The van der Waals surface area contributed by atoms with E-state index >= 15 is 0 Å². The Morgan fingerprint density at radius 1 is 0.933 bits per heavy atom. The fraction of sp³-hybridized carbons (Fsp3) is 0.846. The van der Waals surface area contributed by atoms with Crippen molar-refractivity contribution in [2.45, 2.75) is 50.7 Å². The molecule has 0 aromatic rings. The molecule has 0 unspecified atom stereocenters. The van der Waals surface area contributed by atoms with Crippen LogP contribution >= 0.6 is 0 Å². The smallest absolute Gasteiger partial charge is 0.169 e. The third-order valence-electron chi connectivity index (χ3n) is 4.18. The van der Waals surface area contributed by atoms with Crippen LogP contribution in [0.2, 0.25) is 0 Å². The van der Waals surface area contributed by atoms with Crippen molar-refractivity contribution in [2.75, 3.05) is 13.2 Å². The van der Waals surface area contributed by atoms with Crippen LogP contribution in [0.4, 0.5) is 0 Å². The molecule has 1 saturated carbocycles. The van der Waals surface area contributed by atoms with Crippen LogP contribution in [0.15, 0.2) is 12.2 Å². The molecule has 0 bridgehead atoms. The molecule has 0 amide bonds. The van der Waals surface area contributed by atoms with Gasteiger partial charge in [0.2, 0.25) is 0 Å². The van der Waals surface area contributed by atoms with Gasteiger partial charge in [-0.2, -0.15) is 0 Å². The van der Waals surface area contributed by atoms with Gasteiger partial charge in [0, 0.05) is 12.8 Å². The van der Waals surface area contributed by atoms with Crippen molar-refractivity contribution in [2.24, 2.45) is 5.41 Å². The summed E-state index contributed by atoms with van der Waals surface area (Å²) >= 11 is 0. The Morgan fingerprint density at radius 3 is 2.47 bits per heavy atom. The third-order valence-corrected chi connectivity index (χ3v) is 4.18. The minimum atomic E-state index is -0.208. The molecule has 2 nitrogen and oxygen atoms in total. The summed E-state index contributed by atoms with van der Waals surface area (Å²) in [5.74, 6) is -0.208. The molecule has 84 valence electrons. The minimum Gasteiger partial charge on any atom is -0.348 e. The third kappa shape index (κ3) is 1.74. The van der Waals surface area contributed by atoms with Crippen molar-refractivity contribution in [3.8, 4) is 0 Å². The van der Waals surface area contributed by atoms with Crippen molar-refractivity contribution in [3.63, 3.8) is 0 Å². The first kappa shape index (κ1) is 9.86. The summed E-state index contributed by atoms with van der Waals surface area (Å²) in [4.78, 5) is 0. The normalized spacial score (nSPS) is 38.9. The average Bonchev–Trinajstić information content (AvgIpc) is 2.67. The first-order chi connectivity index (χ1) is 7.33. The zero-order valence-electron chi connectivity index (χ0n) is 9.34. The van der Waals surface area contributed by atoms with E-state index in [0.717, 1.165) is 26.1 Å². The number of allylic oxidation sites excluding steroid dienone is 2. The van der Waals surface area contributed by atoms with Gasteiger partial charge in [0.25, 0.3) is 0 Å². The maximum Gasteiger partial charge on any atom is 0.169 e. The highest BCUT2D eigenvalue weighted by atomic mass is 16.7. The van der Waals surface area contributed by atoms with E-state index in [0.29, 0.717) is 5.41 Å². The fourth-order valence-corrected chi connectivity index (χ4v) is 3.51. The molecule has 1 atom stereocenters. The van der Waals surface area contributed by atoms with Gasteiger partial charge in [0.1, 0.15) is 0 Å². The van der Waals surface area contributed by atoms with E-state index in [2.05, 4.69) is 12.2 Å². The van der Waals surface area contributed by atoms with Crippen LogP contribution < -0.4 is 0 Å². The van der Waals surface area contributed by atoms with Crippen molar-refractivity contribution in [1.29, 1.82) is 0 Å². The molecular formula is C13H20O2. The molecule has 15 heavy (non-hydrogen) atoms. The molecule has 3 aliphatic rings. The second-order valence-electron chi connectivity index (χ2n) is 5.29. The molecule has 0 N–H and O–H groups in total. The predicted molar refractivity (Wildman–Crippen MR) is 58.5 cm³/mol. The molecule has 1 aliphatic heterocycles. The molecule has 0 aromatic heterocycles. The highest BCUT2D eigenvalue weighted by Crippen LogP contribution is 2.50. The molecule has 2 spiro atoms. The van der Waals surface area contributed by atoms with Gasteiger partial charge in [-0.25, -0.2) is 0 Å². The standard InChI is InChI=1S/C13H20O2/c1-2-5-12(6-3-1)7-4-8-13(11-12)14-9-10-15-13/h2,5H,1,3-4,6-11H2/t12-/m1/s1. The van der Waals surface area contributed by atoms with E-state index in [1.807, 2.05) is 0 Å². The molecule has 0 radical (unpaired) electrons. The van der Waals surface area contributed by atoms with E-state index < -0.39 is 0 Å². The minimum absolute atomic E-state index is 0.208. The lowest BCUT2D eigenvalue weighted by Gasteiger charge is -2.44. The summed E-state index contributed by atoms with van der Waals surface area (Å²) in [7, 11) is 0. The van der Waals surface area contributed by atoms with Crippen molar-refractivity contribution >= 4 is 0 Å². The summed E-state index contributed by atoms with van der Waals surface area (Å²) in [5.41, 5.74) is 0.404. The average molecular weight is 208 g/mol. The van der Waals surface area contributed by atoms with Crippen LogP contribution in [-0.2, 0) is 9.47 Å². The zero-order valence-corrected chi connectivity index (χ0v) is 9.34. The SMILES string of the molecule is C1=C[C@@]2(CCC1)CCCC1(C2)OCCO1. The molecule has 2 heteroatoms. The first-order valence-electron chi connectivity index (χ1n) is 6.28. The summed E-state index contributed by atoms with van der Waals surface area (Å²) in [6.07, 6.45) is 13.5. The highest BCUT2D eigenvalue weighted by molar-refractivity contribution is 5.08. The fourth-order valence-electron chi connectivity index (χ4n) is 3.51.